The molecule has 0 spiro atoms. The molecule has 0 bridgehead atoms. The van der Waals surface area contributed by atoms with Crippen LogP contribution in [0.25, 0.3) is 0 Å². The minimum absolute atomic E-state index is 0.246. The van der Waals surface area contributed by atoms with Gasteiger partial charge in [0.1, 0.15) is 6.61 Å². The van der Waals surface area contributed by atoms with Gasteiger partial charge < -0.3 is 9.64 Å². The van der Waals surface area contributed by atoms with Crippen LogP contribution in [0.15, 0.2) is 0 Å². The van der Waals surface area contributed by atoms with E-state index in [9.17, 15) is 9.59 Å². The summed E-state index contributed by atoms with van der Waals surface area (Å²) < 4.78 is 4.56. The highest BCUT2D eigenvalue weighted by Crippen LogP contribution is 2.10. The summed E-state index contributed by atoms with van der Waals surface area (Å²) in [5.74, 6) is -1.33. The molecule has 0 radical (unpaired) electrons. The van der Waals surface area contributed by atoms with Crippen molar-refractivity contribution in [3.05, 3.63) is 0 Å². The zero-order valence-corrected chi connectivity index (χ0v) is 6.66. The topological polar surface area (TPSA) is 46.6 Å². The summed E-state index contributed by atoms with van der Waals surface area (Å²) in [6.45, 7) is 0.834. The van der Waals surface area contributed by atoms with Crippen molar-refractivity contribution in [3.8, 4) is 0 Å². The monoisotopic (exact) mass is 157 g/mol. The van der Waals surface area contributed by atoms with E-state index < -0.39 is 11.8 Å². The number of hydrogen-bond donors (Lipinski definition) is 0. The van der Waals surface area contributed by atoms with E-state index in [1.54, 1.807) is 0 Å². The number of cyclic esters (lactones) is 1. The van der Waals surface area contributed by atoms with Crippen LogP contribution in [-0.2, 0) is 14.3 Å². The predicted molar refractivity (Wildman–Crippen MR) is 38.0 cm³/mol. The normalized spacial score (nSPS) is 24.5. The predicted octanol–water partition coefficient (Wildman–Crippen LogP) is -0.710. The summed E-state index contributed by atoms with van der Waals surface area (Å²) in [6.07, 6.45) is 0. The molecule has 1 aliphatic heterocycles. The average molecular weight is 157 g/mol. The molecule has 11 heavy (non-hydrogen) atoms. The van der Waals surface area contributed by atoms with Crippen molar-refractivity contribution in [2.75, 3.05) is 27.2 Å². The molecule has 1 rings (SSSR count). The first-order valence-electron chi connectivity index (χ1n) is 3.47. The largest absolute Gasteiger partial charge is 0.459 e. The molecule has 4 nitrogen and oxygen atoms in total. The summed E-state index contributed by atoms with van der Waals surface area (Å²) in [5, 5.41) is 0. The van der Waals surface area contributed by atoms with Gasteiger partial charge in [0.2, 0.25) is 5.78 Å². The first-order valence-corrected chi connectivity index (χ1v) is 3.47. The lowest BCUT2D eigenvalue weighted by Crippen LogP contribution is -2.27. The number of rotatable bonds is 2. The molecule has 0 amide bonds. The Labute approximate surface area is 65.1 Å². The fraction of sp³-hybridized carbons (Fsp3) is 0.714. The molecule has 0 saturated carbocycles. The van der Waals surface area contributed by atoms with Crippen LogP contribution in [0.4, 0.5) is 0 Å². The Morgan fingerprint density at radius 2 is 2.18 bits per heavy atom. The van der Waals surface area contributed by atoms with E-state index in [1.165, 1.54) is 0 Å². The van der Waals surface area contributed by atoms with Crippen molar-refractivity contribution >= 4 is 11.8 Å². The minimum atomic E-state index is -0.683. The van der Waals surface area contributed by atoms with Gasteiger partial charge >= 0.3 is 5.97 Å². The Hall–Kier alpha value is -0.900. The molecular weight excluding hydrogens is 146 g/mol. The van der Waals surface area contributed by atoms with Crippen LogP contribution in [0.3, 0.4) is 0 Å². The number of Topliss-reactive ketones (excluding diaryl/α,β-unsaturated/α-hetero) is 1. The number of ether oxygens (including phenoxy) is 1. The van der Waals surface area contributed by atoms with E-state index >= 15 is 0 Å². The highest BCUT2D eigenvalue weighted by molar-refractivity contribution is 6.36. The molecule has 1 heterocycles. The fourth-order valence-corrected chi connectivity index (χ4v) is 1.07. The second kappa shape index (κ2) is 3.00. The smallest absolute Gasteiger partial charge is 0.375 e. The van der Waals surface area contributed by atoms with Gasteiger partial charge in [0, 0.05) is 6.54 Å². The lowest BCUT2D eigenvalue weighted by Gasteiger charge is -2.11. The molecule has 4 heteroatoms. The second-order valence-corrected chi connectivity index (χ2v) is 2.92. The molecule has 1 atom stereocenters. The standard InChI is InChI=1S/C7H11NO3/c1-8(2)3-5-4-11-7(10)6(5)9/h5H,3-4H2,1-2H3/t5-/m0/s1. The van der Waals surface area contributed by atoms with Gasteiger partial charge in [0.05, 0.1) is 5.92 Å². The Morgan fingerprint density at radius 1 is 1.55 bits per heavy atom. The van der Waals surface area contributed by atoms with Crippen LogP contribution in [0.1, 0.15) is 0 Å². The molecule has 0 aromatic carbocycles. The van der Waals surface area contributed by atoms with Crippen molar-refractivity contribution < 1.29 is 14.3 Å². The maximum absolute atomic E-state index is 10.9. The van der Waals surface area contributed by atoms with Gasteiger partial charge in [-0.25, -0.2) is 4.79 Å². The summed E-state index contributed by atoms with van der Waals surface area (Å²) >= 11 is 0. The summed E-state index contributed by atoms with van der Waals surface area (Å²) in [5.41, 5.74) is 0. The van der Waals surface area contributed by atoms with E-state index in [-0.39, 0.29) is 12.5 Å². The third-order valence-electron chi connectivity index (χ3n) is 1.57. The molecule has 0 aromatic heterocycles. The number of nitrogens with zero attached hydrogens (tertiary/aromatic N) is 1. The highest BCUT2D eigenvalue weighted by Gasteiger charge is 2.34. The van der Waals surface area contributed by atoms with Gasteiger partial charge in [-0.3, -0.25) is 4.79 Å². The first-order chi connectivity index (χ1) is 5.11. The maximum atomic E-state index is 10.9. The van der Waals surface area contributed by atoms with Gasteiger partial charge in [-0.15, -0.1) is 0 Å². The van der Waals surface area contributed by atoms with E-state index in [1.807, 2.05) is 19.0 Å². The number of carbonyl (C=O) groups is 2. The van der Waals surface area contributed by atoms with Crippen LogP contribution in [-0.4, -0.2) is 43.9 Å². The lowest BCUT2D eigenvalue weighted by atomic mass is 10.1. The summed E-state index contributed by atoms with van der Waals surface area (Å²) in [6, 6.07) is 0. The van der Waals surface area contributed by atoms with Crippen LogP contribution >= 0.6 is 0 Å². The zero-order chi connectivity index (χ0) is 8.43. The lowest BCUT2D eigenvalue weighted by molar-refractivity contribution is -0.147. The summed E-state index contributed by atoms with van der Waals surface area (Å²) in [7, 11) is 3.71. The van der Waals surface area contributed by atoms with Gasteiger partial charge in [-0.2, -0.15) is 0 Å². The van der Waals surface area contributed by atoms with Crippen LogP contribution in [0.5, 0.6) is 0 Å². The van der Waals surface area contributed by atoms with Crippen LogP contribution in [0, 0.1) is 5.92 Å². The van der Waals surface area contributed by atoms with Gasteiger partial charge in [0.25, 0.3) is 0 Å². The van der Waals surface area contributed by atoms with Crippen molar-refractivity contribution in [2.24, 2.45) is 5.92 Å². The number of hydrogen-bond acceptors (Lipinski definition) is 4. The molecule has 62 valence electrons. The van der Waals surface area contributed by atoms with Crippen LogP contribution < -0.4 is 0 Å². The average Bonchev–Trinajstić information content (AvgIpc) is 2.18. The molecule has 1 saturated heterocycles. The van der Waals surface area contributed by atoms with Crippen molar-refractivity contribution in [3.63, 3.8) is 0 Å². The molecule has 1 fully saturated rings. The maximum Gasteiger partial charge on any atom is 0.375 e. The fourth-order valence-electron chi connectivity index (χ4n) is 1.07. The quantitative estimate of drug-likeness (QED) is 0.392. The van der Waals surface area contributed by atoms with Gasteiger partial charge in [0.15, 0.2) is 0 Å². The van der Waals surface area contributed by atoms with Crippen molar-refractivity contribution in [1.82, 2.24) is 4.90 Å². The van der Waals surface area contributed by atoms with E-state index in [0.29, 0.717) is 6.54 Å². The van der Waals surface area contributed by atoms with Crippen LogP contribution in [0.2, 0.25) is 0 Å². The number of ketones is 1. The van der Waals surface area contributed by atoms with E-state index in [0.717, 1.165) is 0 Å². The summed E-state index contributed by atoms with van der Waals surface area (Å²) in [4.78, 5) is 23.4. The molecule has 0 aliphatic carbocycles. The minimum Gasteiger partial charge on any atom is -0.459 e. The SMILES string of the molecule is CN(C)C[C@H]1COC(=O)C1=O. The molecule has 0 unspecified atom stereocenters. The highest BCUT2D eigenvalue weighted by atomic mass is 16.5. The van der Waals surface area contributed by atoms with E-state index in [4.69, 9.17) is 0 Å². The van der Waals surface area contributed by atoms with Gasteiger partial charge in [-0.05, 0) is 14.1 Å². The third kappa shape index (κ3) is 1.77. The van der Waals surface area contributed by atoms with Crippen molar-refractivity contribution in [1.29, 1.82) is 0 Å². The molecule has 0 N–H and O–H groups in total. The first kappa shape index (κ1) is 8.20. The van der Waals surface area contributed by atoms with E-state index in [2.05, 4.69) is 4.74 Å². The van der Waals surface area contributed by atoms with Gasteiger partial charge in [-0.1, -0.05) is 0 Å². The third-order valence-corrected chi connectivity index (χ3v) is 1.57. The molecule has 1 aliphatic rings. The number of esters is 1. The Morgan fingerprint density at radius 3 is 2.55 bits per heavy atom. The Kier molecular flexibility index (Phi) is 2.24. The number of carbonyl (C=O) groups excluding carboxylic acids is 2. The molecular formula is C7H11NO3. The molecule has 0 aromatic rings. The second-order valence-electron chi connectivity index (χ2n) is 2.92. The van der Waals surface area contributed by atoms with Crippen molar-refractivity contribution in [2.45, 2.75) is 0 Å². The Bertz CT molecular complexity index is 188. The Balaban J connectivity index is 2.49. The zero-order valence-electron chi connectivity index (χ0n) is 6.66.